The second-order valence-corrected chi connectivity index (χ2v) is 6.62. The van der Waals surface area contributed by atoms with Crippen molar-refractivity contribution in [2.45, 2.75) is 45.1 Å². The molecule has 1 aliphatic rings. The quantitative estimate of drug-likeness (QED) is 0.661. The Bertz CT molecular complexity index is 331. The van der Waals surface area contributed by atoms with Gasteiger partial charge in [0.05, 0.1) is 6.04 Å². The number of piperidine rings is 1. The summed E-state index contributed by atoms with van der Waals surface area (Å²) in [7, 11) is 0. The van der Waals surface area contributed by atoms with Crippen LogP contribution >= 0.6 is 11.8 Å². The molecule has 1 heterocycles. The number of likely N-dealkylation sites (tertiary alicyclic amines) is 1. The molecule has 0 spiro atoms. The summed E-state index contributed by atoms with van der Waals surface area (Å²) in [6.07, 6.45) is 6.34. The van der Waals surface area contributed by atoms with E-state index in [4.69, 9.17) is 5.73 Å². The zero-order valence-electron chi connectivity index (χ0n) is 13.3. The van der Waals surface area contributed by atoms with Crippen molar-refractivity contribution in [2.75, 3.05) is 31.6 Å². The number of unbranched alkanes of at least 4 members (excludes halogenated alkanes) is 1. The maximum Gasteiger partial charge on any atom is 0.239 e. The van der Waals surface area contributed by atoms with Crippen LogP contribution in [0.15, 0.2) is 0 Å². The van der Waals surface area contributed by atoms with E-state index in [1.54, 1.807) is 11.8 Å². The van der Waals surface area contributed by atoms with Gasteiger partial charge in [0, 0.05) is 25.6 Å². The zero-order chi connectivity index (χ0) is 15.7. The van der Waals surface area contributed by atoms with Gasteiger partial charge in [-0.2, -0.15) is 11.8 Å². The SMILES string of the molecule is CCCCNC(=O)C1CCN(C(=O)[C@H](N)CCSC)CC1. The highest BCUT2D eigenvalue weighted by molar-refractivity contribution is 7.98. The van der Waals surface area contributed by atoms with Gasteiger partial charge in [-0.05, 0) is 37.7 Å². The molecule has 0 aromatic rings. The van der Waals surface area contributed by atoms with E-state index in [1.807, 2.05) is 11.2 Å². The minimum atomic E-state index is -0.396. The highest BCUT2D eigenvalue weighted by atomic mass is 32.2. The van der Waals surface area contributed by atoms with E-state index in [-0.39, 0.29) is 17.7 Å². The van der Waals surface area contributed by atoms with Crippen LogP contribution in [0.1, 0.15) is 39.0 Å². The van der Waals surface area contributed by atoms with Crippen molar-refractivity contribution < 1.29 is 9.59 Å². The average molecular weight is 315 g/mol. The molecule has 0 unspecified atom stereocenters. The van der Waals surface area contributed by atoms with Crippen LogP contribution in [0.2, 0.25) is 0 Å². The fourth-order valence-corrected chi connectivity index (χ4v) is 2.99. The zero-order valence-corrected chi connectivity index (χ0v) is 14.1. The van der Waals surface area contributed by atoms with Gasteiger partial charge in [-0.1, -0.05) is 13.3 Å². The molecule has 2 amide bonds. The molecule has 5 nitrogen and oxygen atoms in total. The molecule has 0 aliphatic carbocycles. The fourth-order valence-electron chi connectivity index (χ4n) is 2.50. The van der Waals surface area contributed by atoms with Gasteiger partial charge in [-0.3, -0.25) is 9.59 Å². The molecule has 0 saturated carbocycles. The Morgan fingerprint density at radius 2 is 2.05 bits per heavy atom. The Morgan fingerprint density at radius 1 is 1.38 bits per heavy atom. The van der Waals surface area contributed by atoms with Gasteiger partial charge < -0.3 is 16.0 Å². The van der Waals surface area contributed by atoms with Crippen molar-refractivity contribution in [1.29, 1.82) is 0 Å². The number of carbonyl (C=O) groups excluding carboxylic acids is 2. The topological polar surface area (TPSA) is 75.4 Å². The maximum absolute atomic E-state index is 12.2. The van der Waals surface area contributed by atoms with Crippen molar-refractivity contribution >= 4 is 23.6 Å². The standard InChI is InChI=1S/C15H29N3O2S/c1-3-4-8-17-14(19)12-5-9-18(10-6-12)15(20)13(16)7-11-21-2/h12-13H,3-11,16H2,1-2H3,(H,17,19)/t13-/m1/s1. The van der Waals surface area contributed by atoms with Gasteiger partial charge >= 0.3 is 0 Å². The number of hydrogen-bond donors (Lipinski definition) is 2. The molecular formula is C15H29N3O2S. The minimum Gasteiger partial charge on any atom is -0.356 e. The largest absolute Gasteiger partial charge is 0.356 e. The van der Waals surface area contributed by atoms with E-state index in [2.05, 4.69) is 12.2 Å². The first-order chi connectivity index (χ1) is 10.1. The molecule has 3 N–H and O–H groups in total. The number of thioether (sulfide) groups is 1. The second kappa shape index (κ2) is 10.1. The van der Waals surface area contributed by atoms with Gasteiger partial charge in [0.2, 0.25) is 11.8 Å². The van der Waals surface area contributed by atoms with Crippen LogP contribution in [0, 0.1) is 5.92 Å². The predicted molar refractivity (Wildman–Crippen MR) is 88.2 cm³/mol. The van der Waals surface area contributed by atoms with Gasteiger partial charge in [0.15, 0.2) is 0 Å². The van der Waals surface area contributed by atoms with Gasteiger partial charge in [0.25, 0.3) is 0 Å². The number of nitrogens with two attached hydrogens (primary N) is 1. The van der Waals surface area contributed by atoms with Gasteiger partial charge in [0.1, 0.15) is 0 Å². The molecule has 1 atom stereocenters. The van der Waals surface area contributed by atoms with E-state index >= 15 is 0 Å². The monoisotopic (exact) mass is 315 g/mol. The van der Waals surface area contributed by atoms with Gasteiger partial charge in [-0.15, -0.1) is 0 Å². The Balaban J connectivity index is 2.31. The van der Waals surface area contributed by atoms with Gasteiger partial charge in [-0.25, -0.2) is 0 Å². The van der Waals surface area contributed by atoms with Crippen molar-refractivity contribution in [3.63, 3.8) is 0 Å². The summed E-state index contributed by atoms with van der Waals surface area (Å²) >= 11 is 1.70. The third kappa shape index (κ3) is 6.26. The molecule has 0 aromatic heterocycles. The van der Waals surface area contributed by atoms with E-state index in [1.165, 1.54) is 0 Å². The molecule has 0 bridgehead atoms. The molecule has 1 aliphatic heterocycles. The van der Waals surface area contributed by atoms with Crippen molar-refractivity contribution in [1.82, 2.24) is 10.2 Å². The Morgan fingerprint density at radius 3 is 2.62 bits per heavy atom. The molecule has 6 heteroatoms. The molecule has 1 fully saturated rings. The molecule has 1 rings (SSSR count). The summed E-state index contributed by atoms with van der Waals surface area (Å²) < 4.78 is 0. The van der Waals surface area contributed by atoms with Crippen LogP contribution in [-0.2, 0) is 9.59 Å². The summed E-state index contributed by atoms with van der Waals surface area (Å²) in [6, 6.07) is -0.396. The lowest BCUT2D eigenvalue weighted by Crippen LogP contribution is -2.49. The lowest BCUT2D eigenvalue weighted by atomic mass is 9.95. The molecule has 1 saturated heterocycles. The summed E-state index contributed by atoms with van der Waals surface area (Å²) in [5, 5.41) is 2.98. The first-order valence-electron chi connectivity index (χ1n) is 7.91. The lowest BCUT2D eigenvalue weighted by Gasteiger charge is -2.33. The maximum atomic E-state index is 12.2. The molecule has 0 radical (unpaired) electrons. The summed E-state index contributed by atoms with van der Waals surface area (Å²) in [4.78, 5) is 26.0. The first kappa shape index (κ1) is 18.3. The van der Waals surface area contributed by atoms with Crippen molar-refractivity contribution in [3.8, 4) is 0 Å². The van der Waals surface area contributed by atoms with Crippen LogP contribution < -0.4 is 11.1 Å². The smallest absolute Gasteiger partial charge is 0.239 e. The number of carbonyl (C=O) groups is 2. The second-order valence-electron chi connectivity index (χ2n) is 5.63. The lowest BCUT2D eigenvalue weighted by molar-refractivity contribution is -0.136. The van der Waals surface area contributed by atoms with E-state index in [0.29, 0.717) is 13.1 Å². The average Bonchev–Trinajstić information content (AvgIpc) is 2.52. The third-order valence-corrected chi connectivity index (χ3v) is 4.60. The third-order valence-electron chi connectivity index (χ3n) is 3.96. The summed E-state index contributed by atoms with van der Waals surface area (Å²) in [5.74, 6) is 1.13. The number of rotatable bonds is 8. The molecule has 122 valence electrons. The van der Waals surface area contributed by atoms with Crippen molar-refractivity contribution in [2.24, 2.45) is 11.7 Å². The highest BCUT2D eigenvalue weighted by Crippen LogP contribution is 2.18. The Kier molecular flexibility index (Phi) is 8.76. The fraction of sp³-hybridized carbons (Fsp3) is 0.867. The Labute approximate surface area is 132 Å². The van der Waals surface area contributed by atoms with E-state index in [0.717, 1.165) is 44.4 Å². The number of amides is 2. The number of hydrogen-bond acceptors (Lipinski definition) is 4. The normalized spacial score (nSPS) is 17.6. The van der Waals surface area contributed by atoms with Crippen LogP contribution in [-0.4, -0.2) is 54.4 Å². The van der Waals surface area contributed by atoms with Crippen molar-refractivity contribution in [3.05, 3.63) is 0 Å². The molecule has 0 aromatic carbocycles. The first-order valence-corrected chi connectivity index (χ1v) is 9.30. The van der Waals surface area contributed by atoms with Crippen LogP contribution in [0.3, 0.4) is 0 Å². The number of nitrogens with zero attached hydrogens (tertiary/aromatic N) is 1. The van der Waals surface area contributed by atoms with Crippen LogP contribution in [0.5, 0.6) is 0 Å². The van der Waals surface area contributed by atoms with Crippen LogP contribution in [0.25, 0.3) is 0 Å². The molecular weight excluding hydrogens is 286 g/mol. The highest BCUT2D eigenvalue weighted by Gasteiger charge is 2.29. The van der Waals surface area contributed by atoms with E-state index in [9.17, 15) is 9.59 Å². The summed E-state index contributed by atoms with van der Waals surface area (Å²) in [5.41, 5.74) is 5.93. The number of nitrogens with one attached hydrogen (secondary N) is 1. The van der Waals surface area contributed by atoms with E-state index < -0.39 is 6.04 Å². The Hall–Kier alpha value is -0.750. The van der Waals surface area contributed by atoms with Crippen LogP contribution in [0.4, 0.5) is 0 Å². The molecule has 21 heavy (non-hydrogen) atoms. The summed E-state index contributed by atoms with van der Waals surface area (Å²) in [6.45, 7) is 4.17. The minimum absolute atomic E-state index is 0.0360. The predicted octanol–water partition coefficient (Wildman–Crippen LogP) is 1.22.